The van der Waals surface area contributed by atoms with Gasteiger partial charge in [-0.05, 0) is 24.6 Å². The first-order valence-corrected chi connectivity index (χ1v) is 5.75. The van der Waals surface area contributed by atoms with E-state index in [1.165, 1.54) is 0 Å². The number of halogens is 1. The molecule has 3 heteroatoms. The van der Waals surface area contributed by atoms with E-state index in [0.29, 0.717) is 18.1 Å². The highest BCUT2D eigenvalue weighted by molar-refractivity contribution is 6.30. The lowest BCUT2D eigenvalue weighted by Gasteiger charge is -2.22. The van der Waals surface area contributed by atoms with Gasteiger partial charge in [0.15, 0.2) is 0 Å². The minimum Gasteiger partial charge on any atom is -0.338 e. The van der Waals surface area contributed by atoms with Crippen LogP contribution in [-0.4, -0.2) is 17.4 Å². The van der Waals surface area contributed by atoms with Crippen LogP contribution in [0.15, 0.2) is 24.3 Å². The molecule has 0 heterocycles. The van der Waals surface area contributed by atoms with Gasteiger partial charge in [0, 0.05) is 24.0 Å². The van der Waals surface area contributed by atoms with Crippen molar-refractivity contribution < 1.29 is 4.79 Å². The molecule has 2 nitrogen and oxygen atoms in total. The summed E-state index contributed by atoms with van der Waals surface area (Å²) < 4.78 is 0. The summed E-state index contributed by atoms with van der Waals surface area (Å²) >= 11 is 5.80. The number of benzene rings is 1. The highest BCUT2D eigenvalue weighted by Gasteiger charge is 2.15. The Bertz CT molecular complexity index is 345. The van der Waals surface area contributed by atoms with Gasteiger partial charge in [0.25, 0.3) is 0 Å². The minimum atomic E-state index is 0.00838. The molecule has 0 aliphatic rings. The molecule has 1 rings (SSSR count). The number of hydrogen-bond donors (Lipinski definition) is 0. The zero-order chi connectivity index (χ0) is 12.1. The second-order valence-corrected chi connectivity index (χ2v) is 4.48. The van der Waals surface area contributed by atoms with E-state index in [1.807, 2.05) is 38.1 Å². The molecule has 1 amide bonds. The van der Waals surface area contributed by atoms with Crippen molar-refractivity contribution in [3.63, 3.8) is 0 Å². The molecule has 0 saturated carbocycles. The van der Waals surface area contributed by atoms with Crippen LogP contribution < -0.4 is 0 Å². The fourth-order valence-corrected chi connectivity index (χ4v) is 1.57. The summed E-state index contributed by atoms with van der Waals surface area (Å²) in [6.07, 6.45) is 0. The minimum absolute atomic E-state index is 0.00838. The fraction of sp³-hybridized carbons (Fsp3) is 0.385. The predicted octanol–water partition coefficient (Wildman–Crippen LogP) is 3.16. The largest absolute Gasteiger partial charge is 0.338 e. The van der Waals surface area contributed by atoms with Crippen molar-refractivity contribution in [2.75, 3.05) is 6.54 Å². The smallest absolute Gasteiger partial charge is 0.225 e. The molecule has 0 fully saturated rings. The van der Waals surface area contributed by atoms with Gasteiger partial charge in [-0.2, -0.15) is 0 Å². The molecular weight excluding hydrogens is 222 g/mol. The van der Waals surface area contributed by atoms with Gasteiger partial charge >= 0.3 is 0 Å². The van der Waals surface area contributed by atoms with E-state index in [1.54, 1.807) is 4.90 Å². The Labute approximate surface area is 102 Å². The summed E-state index contributed by atoms with van der Waals surface area (Å²) in [7, 11) is 0. The van der Waals surface area contributed by atoms with E-state index in [-0.39, 0.29) is 11.8 Å². The van der Waals surface area contributed by atoms with E-state index in [0.717, 1.165) is 5.56 Å². The maximum Gasteiger partial charge on any atom is 0.225 e. The second kappa shape index (κ2) is 5.90. The third-order valence-corrected chi connectivity index (χ3v) is 2.61. The zero-order valence-electron chi connectivity index (χ0n) is 9.74. The van der Waals surface area contributed by atoms with Crippen LogP contribution in [0, 0.1) is 12.8 Å². The Balaban J connectivity index is 2.70. The number of carbonyl (C=O) groups excluding carboxylic acids is 1. The molecule has 0 aromatic heterocycles. The topological polar surface area (TPSA) is 20.3 Å². The molecule has 0 atom stereocenters. The van der Waals surface area contributed by atoms with Crippen molar-refractivity contribution in [1.82, 2.24) is 4.90 Å². The lowest BCUT2D eigenvalue weighted by Crippen LogP contribution is -2.33. The Morgan fingerprint density at radius 1 is 1.38 bits per heavy atom. The first kappa shape index (κ1) is 13.0. The van der Waals surface area contributed by atoms with Crippen LogP contribution in [0.1, 0.15) is 19.4 Å². The summed E-state index contributed by atoms with van der Waals surface area (Å²) in [5.41, 5.74) is 1.07. The molecule has 0 N–H and O–H groups in total. The molecule has 0 saturated heterocycles. The molecule has 0 aliphatic heterocycles. The number of hydrogen-bond acceptors (Lipinski definition) is 1. The third kappa shape index (κ3) is 3.53. The quantitative estimate of drug-likeness (QED) is 0.789. The van der Waals surface area contributed by atoms with Crippen molar-refractivity contribution in [1.29, 1.82) is 0 Å². The van der Waals surface area contributed by atoms with Crippen LogP contribution in [0.25, 0.3) is 0 Å². The Morgan fingerprint density at radius 2 is 1.94 bits per heavy atom. The van der Waals surface area contributed by atoms with Gasteiger partial charge in [0.1, 0.15) is 0 Å². The zero-order valence-corrected chi connectivity index (χ0v) is 10.5. The van der Waals surface area contributed by atoms with Gasteiger partial charge in [0.2, 0.25) is 5.91 Å². The van der Waals surface area contributed by atoms with Crippen LogP contribution in [0.4, 0.5) is 0 Å². The van der Waals surface area contributed by atoms with Gasteiger partial charge in [0.05, 0.1) is 0 Å². The Hall–Kier alpha value is -1.02. The predicted molar refractivity (Wildman–Crippen MR) is 67.1 cm³/mol. The van der Waals surface area contributed by atoms with Crippen molar-refractivity contribution in [3.8, 4) is 0 Å². The lowest BCUT2D eigenvalue weighted by atomic mass is 10.1. The van der Waals surface area contributed by atoms with Crippen LogP contribution in [0.5, 0.6) is 0 Å². The maximum absolute atomic E-state index is 11.8. The van der Waals surface area contributed by atoms with Gasteiger partial charge in [-0.25, -0.2) is 0 Å². The van der Waals surface area contributed by atoms with Crippen molar-refractivity contribution in [2.24, 2.45) is 5.92 Å². The number of carbonyl (C=O) groups is 1. The molecule has 0 unspecified atom stereocenters. The molecular formula is C13H17ClNO. The van der Waals surface area contributed by atoms with Crippen LogP contribution in [0.3, 0.4) is 0 Å². The van der Waals surface area contributed by atoms with Crippen LogP contribution in [-0.2, 0) is 11.3 Å². The number of rotatable bonds is 4. The van der Waals surface area contributed by atoms with Gasteiger partial charge in [-0.1, -0.05) is 37.6 Å². The van der Waals surface area contributed by atoms with Crippen LogP contribution in [0.2, 0.25) is 5.02 Å². The molecule has 0 aliphatic carbocycles. The highest BCUT2D eigenvalue weighted by atomic mass is 35.5. The van der Waals surface area contributed by atoms with Crippen LogP contribution >= 0.6 is 11.6 Å². The lowest BCUT2D eigenvalue weighted by molar-refractivity contribution is -0.134. The summed E-state index contributed by atoms with van der Waals surface area (Å²) in [5, 5.41) is 0.708. The first-order chi connectivity index (χ1) is 7.54. The van der Waals surface area contributed by atoms with Crippen molar-refractivity contribution in [2.45, 2.75) is 20.4 Å². The van der Waals surface area contributed by atoms with Gasteiger partial charge in [-0.3, -0.25) is 4.79 Å². The average Bonchev–Trinajstić information content (AvgIpc) is 2.27. The normalized spacial score (nSPS) is 10.6. The molecule has 1 aromatic rings. The molecule has 16 heavy (non-hydrogen) atoms. The molecule has 1 radical (unpaired) electrons. The Morgan fingerprint density at radius 3 is 2.38 bits per heavy atom. The SMILES string of the molecule is [CH2]CN(Cc1ccc(Cl)cc1)C(=O)C(C)C. The monoisotopic (exact) mass is 238 g/mol. The van der Waals surface area contributed by atoms with Gasteiger partial charge < -0.3 is 4.90 Å². The van der Waals surface area contributed by atoms with E-state index < -0.39 is 0 Å². The Kier molecular flexibility index (Phi) is 4.81. The molecule has 1 aromatic carbocycles. The van der Waals surface area contributed by atoms with Gasteiger partial charge in [-0.15, -0.1) is 0 Å². The summed E-state index contributed by atoms with van der Waals surface area (Å²) in [6.45, 7) is 8.65. The highest BCUT2D eigenvalue weighted by Crippen LogP contribution is 2.12. The molecule has 0 bridgehead atoms. The maximum atomic E-state index is 11.8. The molecule has 0 spiro atoms. The van der Waals surface area contributed by atoms with E-state index >= 15 is 0 Å². The molecule has 87 valence electrons. The van der Waals surface area contributed by atoms with Crippen molar-refractivity contribution >= 4 is 17.5 Å². The standard InChI is InChI=1S/C13H17ClNO/c1-4-15(13(16)10(2)3)9-11-5-7-12(14)8-6-11/h5-8,10H,1,4,9H2,2-3H3. The number of amides is 1. The fourth-order valence-electron chi connectivity index (χ4n) is 1.44. The van der Waals surface area contributed by atoms with E-state index in [2.05, 4.69) is 6.92 Å². The average molecular weight is 239 g/mol. The van der Waals surface area contributed by atoms with E-state index in [9.17, 15) is 4.79 Å². The summed E-state index contributed by atoms with van der Waals surface area (Å²) in [6, 6.07) is 7.52. The second-order valence-electron chi connectivity index (χ2n) is 4.04. The third-order valence-electron chi connectivity index (χ3n) is 2.36. The first-order valence-electron chi connectivity index (χ1n) is 5.37. The van der Waals surface area contributed by atoms with E-state index in [4.69, 9.17) is 11.6 Å². The summed E-state index contributed by atoms with van der Waals surface area (Å²) in [5.74, 6) is 0.138. The van der Waals surface area contributed by atoms with Crippen molar-refractivity contribution in [3.05, 3.63) is 41.8 Å². The summed E-state index contributed by atoms with van der Waals surface area (Å²) in [4.78, 5) is 13.5. The number of nitrogens with zero attached hydrogens (tertiary/aromatic N) is 1.